The minimum Gasteiger partial charge on any atom is -0.489 e. The second kappa shape index (κ2) is 6.81. The number of hydrogen-bond acceptors (Lipinski definition) is 3. The van der Waals surface area contributed by atoms with Crippen LogP contribution in [0, 0.1) is 5.92 Å². The number of hydrogen-bond donors (Lipinski definition) is 0. The summed E-state index contributed by atoms with van der Waals surface area (Å²) in [5.74, 6) is 2.68. The molecule has 4 heterocycles. The van der Waals surface area contributed by atoms with Crippen molar-refractivity contribution in [3.8, 4) is 17.1 Å². The highest BCUT2D eigenvalue weighted by molar-refractivity contribution is 5.91. The van der Waals surface area contributed by atoms with Gasteiger partial charge in [-0.3, -0.25) is 0 Å². The Morgan fingerprint density at radius 1 is 0.962 bits per heavy atom. The normalized spacial score (nSPS) is 24.8. The van der Waals surface area contributed by atoms with Crippen molar-refractivity contribution in [2.75, 3.05) is 19.7 Å². The first-order valence-electron chi connectivity index (χ1n) is 9.82. The van der Waals surface area contributed by atoms with Crippen LogP contribution < -0.4 is 4.74 Å². The molecule has 26 heavy (non-hydrogen) atoms. The summed E-state index contributed by atoms with van der Waals surface area (Å²) >= 11 is 0. The standard InChI is InChI=1S/C23H25NO2/c1-2-6-18(7-3-1)22-23(20-8-4-5-9-21(20)26-22)25-15-12-19-16-17-10-13-24(19)14-11-17/h1-9,17,19H,10-16H2/t19-/m1/s1. The van der Waals surface area contributed by atoms with Crippen LogP contribution in [0.5, 0.6) is 5.75 Å². The Hall–Kier alpha value is -2.26. The molecule has 0 amide bonds. The van der Waals surface area contributed by atoms with E-state index < -0.39 is 0 Å². The quantitative estimate of drug-likeness (QED) is 0.622. The predicted molar refractivity (Wildman–Crippen MR) is 104 cm³/mol. The van der Waals surface area contributed by atoms with Gasteiger partial charge in [-0.1, -0.05) is 42.5 Å². The van der Waals surface area contributed by atoms with Gasteiger partial charge in [-0.25, -0.2) is 0 Å². The Bertz CT molecular complexity index is 878. The molecule has 0 aliphatic carbocycles. The maximum Gasteiger partial charge on any atom is 0.177 e. The van der Waals surface area contributed by atoms with Gasteiger partial charge in [-0.15, -0.1) is 0 Å². The van der Waals surface area contributed by atoms with Gasteiger partial charge in [0.2, 0.25) is 0 Å². The smallest absolute Gasteiger partial charge is 0.177 e. The Morgan fingerprint density at radius 3 is 2.50 bits per heavy atom. The molecule has 0 radical (unpaired) electrons. The van der Waals surface area contributed by atoms with Crippen molar-refractivity contribution >= 4 is 11.0 Å². The number of fused-ring (bicyclic) bond motifs is 4. The summed E-state index contributed by atoms with van der Waals surface area (Å²) in [7, 11) is 0. The highest BCUT2D eigenvalue weighted by Crippen LogP contribution is 2.40. The molecule has 2 aromatic carbocycles. The van der Waals surface area contributed by atoms with Crippen LogP contribution in [-0.2, 0) is 0 Å². The molecule has 0 spiro atoms. The summed E-state index contributed by atoms with van der Waals surface area (Å²) in [5.41, 5.74) is 1.96. The van der Waals surface area contributed by atoms with Crippen molar-refractivity contribution in [2.45, 2.75) is 31.7 Å². The largest absolute Gasteiger partial charge is 0.489 e. The van der Waals surface area contributed by atoms with Crippen molar-refractivity contribution in [1.82, 2.24) is 4.90 Å². The summed E-state index contributed by atoms with van der Waals surface area (Å²) in [6.45, 7) is 3.30. The van der Waals surface area contributed by atoms with E-state index in [0.29, 0.717) is 6.04 Å². The van der Waals surface area contributed by atoms with Gasteiger partial charge < -0.3 is 14.1 Å². The van der Waals surface area contributed by atoms with Gasteiger partial charge >= 0.3 is 0 Å². The summed E-state index contributed by atoms with van der Waals surface area (Å²) in [6, 6.07) is 19.1. The van der Waals surface area contributed by atoms with Crippen LogP contribution in [0.25, 0.3) is 22.3 Å². The van der Waals surface area contributed by atoms with Crippen LogP contribution in [0.15, 0.2) is 59.0 Å². The van der Waals surface area contributed by atoms with Gasteiger partial charge in [-0.2, -0.15) is 0 Å². The summed E-state index contributed by atoms with van der Waals surface area (Å²) in [6.07, 6.45) is 5.23. The average molecular weight is 347 g/mol. The molecule has 3 heteroatoms. The molecule has 2 bridgehead atoms. The van der Waals surface area contributed by atoms with Gasteiger partial charge in [0.1, 0.15) is 5.58 Å². The van der Waals surface area contributed by atoms with E-state index in [1.54, 1.807) is 0 Å². The number of furan rings is 1. The zero-order valence-corrected chi connectivity index (χ0v) is 15.1. The summed E-state index contributed by atoms with van der Waals surface area (Å²) in [4.78, 5) is 2.66. The molecule has 134 valence electrons. The second-order valence-corrected chi connectivity index (χ2v) is 7.63. The molecular weight excluding hydrogens is 322 g/mol. The average Bonchev–Trinajstić information content (AvgIpc) is 3.08. The van der Waals surface area contributed by atoms with Crippen LogP contribution >= 0.6 is 0 Å². The number of rotatable bonds is 5. The highest BCUT2D eigenvalue weighted by Gasteiger charge is 2.33. The third-order valence-corrected chi connectivity index (χ3v) is 6.05. The van der Waals surface area contributed by atoms with Crippen molar-refractivity contribution in [3.63, 3.8) is 0 Å². The van der Waals surface area contributed by atoms with Crippen molar-refractivity contribution in [1.29, 1.82) is 0 Å². The van der Waals surface area contributed by atoms with E-state index in [4.69, 9.17) is 9.15 Å². The maximum absolute atomic E-state index is 6.33. The van der Waals surface area contributed by atoms with E-state index in [1.165, 1.54) is 32.4 Å². The van der Waals surface area contributed by atoms with E-state index in [2.05, 4.69) is 23.1 Å². The number of ether oxygens (including phenoxy) is 1. The van der Waals surface area contributed by atoms with Crippen LogP contribution in [-0.4, -0.2) is 30.6 Å². The lowest BCUT2D eigenvalue weighted by Gasteiger charge is -2.45. The van der Waals surface area contributed by atoms with Crippen LogP contribution in [0.1, 0.15) is 25.7 Å². The monoisotopic (exact) mass is 347 g/mol. The Balaban J connectivity index is 1.38. The predicted octanol–water partition coefficient (Wildman–Crippen LogP) is 5.35. The lowest BCUT2D eigenvalue weighted by Crippen LogP contribution is -2.49. The fraction of sp³-hybridized carbons (Fsp3) is 0.391. The Kier molecular flexibility index (Phi) is 4.18. The first-order valence-corrected chi connectivity index (χ1v) is 9.82. The molecule has 3 fully saturated rings. The fourth-order valence-electron chi connectivity index (χ4n) is 4.63. The molecule has 1 atom stereocenters. The van der Waals surface area contributed by atoms with Gasteiger partial charge in [0.05, 0.1) is 12.0 Å². The zero-order chi connectivity index (χ0) is 17.3. The van der Waals surface area contributed by atoms with E-state index in [0.717, 1.165) is 47.0 Å². The highest BCUT2D eigenvalue weighted by atomic mass is 16.5. The fourth-order valence-corrected chi connectivity index (χ4v) is 4.63. The number of piperidine rings is 3. The minimum absolute atomic E-state index is 0.695. The van der Waals surface area contributed by atoms with Gasteiger partial charge in [-0.05, 0) is 56.8 Å². The third-order valence-electron chi connectivity index (χ3n) is 6.05. The number of para-hydroxylation sites is 1. The van der Waals surface area contributed by atoms with Gasteiger partial charge in [0.15, 0.2) is 11.5 Å². The second-order valence-electron chi connectivity index (χ2n) is 7.63. The molecule has 0 saturated carbocycles. The van der Waals surface area contributed by atoms with E-state index >= 15 is 0 Å². The summed E-state index contributed by atoms with van der Waals surface area (Å²) in [5, 5.41) is 1.07. The molecule has 3 saturated heterocycles. The van der Waals surface area contributed by atoms with Crippen molar-refractivity contribution in [2.24, 2.45) is 5.92 Å². The van der Waals surface area contributed by atoms with E-state index in [9.17, 15) is 0 Å². The molecule has 1 aromatic heterocycles. The summed E-state index contributed by atoms with van der Waals surface area (Å²) < 4.78 is 12.5. The molecular formula is C23H25NO2. The molecule has 0 unspecified atom stereocenters. The SMILES string of the molecule is c1ccc(-c2oc3ccccc3c2OCC[C@@H]2CC3CCN2CC3)cc1. The van der Waals surface area contributed by atoms with Crippen molar-refractivity contribution in [3.05, 3.63) is 54.6 Å². The maximum atomic E-state index is 6.33. The number of benzene rings is 2. The van der Waals surface area contributed by atoms with Crippen LogP contribution in [0.4, 0.5) is 0 Å². The van der Waals surface area contributed by atoms with Crippen LogP contribution in [0.2, 0.25) is 0 Å². The molecule has 3 aromatic rings. The molecule has 3 aliphatic heterocycles. The molecule has 0 N–H and O–H groups in total. The lowest BCUT2D eigenvalue weighted by atomic mass is 9.82. The Labute approximate surface area is 154 Å². The number of nitrogens with zero attached hydrogens (tertiary/aromatic N) is 1. The minimum atomic E-state index is 0.695. The molecule has 3 aliphatic rings. The molecule has 6 rings (SSSR count). The van der Waals surface area contributed by atoms with Crippen LogP contribution in [0.3, 0.4) is 0 Å². The third kappa shape index (κ3) is 2.90. The molecule has 3 nitrogen and oxygen atoms in total. The first-order chi connectivity index (χ1) is 12.9. The van der Waals surface area contributed by atoms with Gasteiger partial charge in [0, 0.05) is 11.6 Å². The van der Waals surface area contributed by atoms with E-state index in [-0.39, 0.29) is 0 Å². The first kappa shape index (κ1) is 16.0. The Morgan fingerprint density at radius 2 is 1.73 bits per heavy atom. The van der Waals surface area contributed by atoms with Gasteiger partial charge in [0.25, 0.3) is 0 Å². The zero-order valence-electron chi connectivity index (χ0n) is 15.1. The lowest BCUT2D eigenvalue weighted by molar-refractivity contribution is 0.0381. The van der Waals surface area contributed by atoms with Crippen molar-refractivity contribution < 1.29 is 9.15 Å². The van der Waals surface area contributed by atoms with E-state index in [1.807, 2.05) is 36.4 Å². The topological polar surface area (TPSA) is 25.6 Å².